The molecule has 2 rings (SSSR count). The third-order valence-electron chi connectivity index (χ3n) is 3.07. The lowest BCUT2D eigenvalue weighted by Crippen LogP contribution is -2.18. The summed E-state index contributed by atoms with van der Waals surface area (Å²) >= 11 is 4.97. The second-order valence-electron chi connectivity index (χ2n) is 4.61. The summed E-state index contributed by atoms with van der Waals surface area (Å²) in [6.45, 7) is 2.01. The van der Waals surface area contributed by atoms with E-state index in [2.05, 4.69) is 9.97 Å². The number of hydrogen-bond acceptors (Lipinski definition) is 4. The molecule has 0 unspecified atom stereocenters. The van der Waals surface area contributed by atoms with Gasteiger partial charge in [0.25, 0.3) is 5.56 Å². The molecular weight excluding hydrogens is 276 g/mol. The smallest absolute Gasteiger partial charge is 0.255 e. The molecule has 0 aliphatic heterocycles. The summed E-state index contributed by atoms with van der Waals surface area (Å²) in [6.07, 6.45) is 1.87. The van der Waals surface area contributed by atoms with Crippen LogP contribution in [0.5, 0.6) is 11.5 Å². The van der Waals surface area contributed by atoms with E-state index in [4.69, 9.17) is 12.2 Å². The van der Waals surface area contributed by atoms with Crippen molar-refractivity contribution in [3.05, 3.63) is 50.1 Å². The number of aryl methyl sites for hydroxylation is 1. The molecule has 1 aromatic heterocycles. The summed E-state index contributed by atoms with van der Waals surface area (Å²) in [7, 11) is 0. The lowest BCUT2D eigenvalue weighted by Gasteiger charge is -2.09. The van der Waals surface area contributed by atoms with Crippen LogP contribution in [0.4, 0.5) is 0 Å². The molecule has 0 aliphatic rings. The monoisotopic (exact) mass is 292 g/mol. The first kappa shape index (κ1) is 14.3. The van der Waals surface area contributed by atoms with Crippen molar-refractivity contribution in [1.29, 1.82) is 0 Å². The number of H-pyrrole nitrogens is 2. The minimum absolute atomic E-state index is 0.0126. The predicted molar refractivity (Wildman–Crippen MR) is 78.8 cm³/mol. The van der Waals surface area contributed by atoms with E-state index in [0.29, 0.717) is 22.3 Å². The Hall–Kier alpha value is -2.08. The number of aromatic hydroxyl groups is 2. The summed E-state index contributed by atoms with van der Waals surface area (Å²) in [6, 6.07) is 4.34. The number of benzene rings is 1. The van der Waals surface area contributed by atoms with Gasteiger partial charge in [0.05, 0.1) is 0 Å². The average molecular weight is 292 g/mol. The molecule has 5 nitrogen and oxygen atoms in total. The van der Waals surface area contributed by atoms with Crippen LogP contribution in [0.3, 0.4) is 0 Å². The van der Waals surface area contributed by atoms with Crippen LogP contribution in [0.25, 0.3) is 0 Å². The van der Waals surface area contributed by atoms with Crippen LogP contribution in [0.2, 0.25) is 0 Å². The molecule has 1 aromatic carbocycles. The molecule has 6 heteroatoms. The van der Waals surface area contributed by atoms with E-state index in [1.165, 1.54) is 12.1 Å². The maximum atomic E-state index is 12.0. The number of rotatable bonds is 4. The first-order valence-corrected chi connectivity index (χ1v) is 6.77. The fraction of sp³-hybridized carbons (Fsp3) is 0.286. The van der Waals surface area contributed by atoms with E-state index in [1.807, 2.05) is 6.92 Å². The largest absolute Gasteiger partial charge is 0.508 e. The SMILES string of the molecule is CCCc1[nH]c(=S)[nH]c(=O)c1Cc1ccc(O)cc1O. The van der Waals surface area contributed by atoms with Crippen LogP contribution in [0.15, 0.2) is 23.0 Å². The van der Waals surface area contributed by atoms with Gasteiger partial charge >= 0.3 is 0 Å². The Kier molecular flexibility index (Phi) is 4.24. The Morgan fingerprint density at radius 3 is 2.65 bits per heavy atom. The van der Waals surface area contributed by atoms with Gasteiger partial charge in [-0.3, -0.25) is 9.78 Å². The molecule has 0 aliphatic carbocycles. The summed E-state index contributed by atoms with van der Waals surface area (Å²) in [4.78, 5) is 17.6. The number of aromatic amines is 2. The van der Waals surface area contributed by atoms with Crippen LogP contribution < -0.4 is 5.56 Å². The topological polar surface area (TPSA) is 89.1 Å². The van der Waals surface area contributed by atoms with Gasteiger partial charge in [0.1, 0.15) is 11.5 Å². The average Bonchev–Trinajstić information content (AvgIpc) is 2.36. The summed E-state index contributed by atoms with van der Waals surface area (Å²) in [5.41, 5.74) is 1.68. The van der Waals surface area contributed by atoms with E-state index < -0.39 is 0 Å². The van der Waals surface area contributed by atoms with E-state index in [0.717, 1.165) is 12.1 Å². The molecule has 4 N–H and O–H groups in total. The molecule has 0 amide bonds. The van der Waals surface area contributed by atoms with Gasteiger partial charge in [-0.05, 0) is 30.3 Å². The zero-order valence-corrected chi connectivity index (χ0v) is 11.9. The number of nitrogens with one attached hydrogen (secondary N) is 2. The lowest BCUT2D eigenvalue weighted by atomic mass is 10.0. The Morgan fingerprint density at radius 2 is 2.00 bits per heavy atom. The summed E-state index contributed by atoms with van der Waals surface area (Å²) in [5.74, 6) is -0.0456. The van der Waals surface area contributed by atoms with Crippen LogP contribution in [0, 0.1) is 4.77 Å². The number of phenols is 2. The molecule has 2 aromatic rings. The molecule has 0 atom stereocenters. The number of phenolic OH excluding ortho intramolecular Hbond substituents is 2. The Labute approximate surface area is 120 Å². The summed E-state index contributed by atoms with van der Waals surface area (Å²) < 4.78 is 0.303. The first-order chi connectivity index (χ1) is 9.51. The van der Waals surface area contributed by atoms with Gasteiger partial charge in [0.2, 0.25) is 0 Å². The highest BCUT2D eigenvalue weighted by Gasteiger charge is 2.11. The van der Waals surface area contributed by atoms with Crippen molar-refractivity contribution in [3.8, 4) is 11.5 Å². The predicted octanol–water partition coefficient (Wildman–Crippen LogP) is 2.39. The van der Waals surface area contributed by atoms with Gasteiger partial charge in [0, 0.05) is 23.7 Å². The van der Waals surface area contributed by atoms with Crippen LogP contribution in [0.1, 0.15) is 30.2 Å². The first-order valence-electron chi connectivity index (χ1n) is 6.36. The zero-order chi connectivity index (χ0) is 14.7. The van der Waals surface area contributed by atoms with Gasteiger partial charge in [-0.25, -0.2) is 0 Å². The third-order valence-corrected chi connectivity index (χ3v) is 3.27. The molecule has 0 fully saturated rings. The highest BCUT2D eigenvalue weighted by molar-refractivity contribution is 7.71. The Balaban J connectivity index is 2.47. The lowest BCUT2D eigenvalue weighted by molar-refractivity contribution is 0.446. The van der Waals surface area contributed by atoms with Crippen molar-refractivity contribution in [1.82, 2.24) is 9.97 Å². The van der Waals surface area contributed by atoms with Crippen molar-refractivity contribution in [3.63, 3.8) is 0 Å². The maximum Gasteiger partial charge on any atom is 0.255 e. The van der Waals surface area contributed by atoms with E-state index >= 15 is 0 Å². The fourth-order valence-electron chi connectivity index (χ4n) is 2.10. The molecular formula is C14H16N2O3S. The Morgan fingerprint density at radius 1 is 1.25 bits per heavy atom. The van der Waals surface area contributed by atoms with Crippen molar-refractivity contribution < 1.29 is 10.2 Å². The highest BCUT2D eigenvalue weighted by Crippen LogP contribution is 2.24. The van der Waals surface area contributed by atoms with Gasteiger partial charge in [-0.1, -0.05) is 19.4 Å². The van der Waals surface area contributed by atoms with Gasteiger partial charge < -0.3 is 15.2 Å². The quantitative estimate of drug-likeness (QED) is 0.651. The molecule has 1 heterocycles. The maximum absolute atomic E-state index is 12.0. The molecule has 20 heavy (non-hydrogen) atoms. The normalized spacial score (nSPS) is 10.7. The van der Waals surface area contributed by atoms with Crippen molar-refractivity contribution >= 4 is 12.2 Å². The molecule has 0 saturated carbocycles. The molecule has 0 radical (unpaired) electrons. The van der Waals surface area contributed by atoms with Gasteiger partial charge in [-0.15, -0.1) is 0 Å². The molecule has 0 spiro atoms. The van der Waals surface area contributed by atoms with Crippen LogP contribution in [-0.2, 0) is 12.8 Å². The number of aromatic nitrogens is 2. The van der Waals surface area contributed by atoms with Crippen LogP contribution >= 0.6 is 12.2 Å². The highest BCUT2D eigenvalue weighted by atomic mass is 32.1. The minimum Gasteiger partial charge on any atom is -0.508 e. The minimum atomic E-state index is -0.246. The van der Waals surface area contributed by atoms with Crippen LogP contribution in [-0.4, -0.2) is 20.2 Å². The van der Waals surface area contributed by atoms with E-state index in [1.54, 1.807) is 6.07 Å². The summed E-state index contributed by atoms with van der Waals surface area (Å²) in [5, 5.41) is 19.1. The standard InChI is InChI=1S/C14H16N2O3S/c1-2-3-11-10(13(19)16-14(20)15-11)6-8-4-5-9(17)7-12(8)18/h4-5,7,17-18H,2-3,6H2,1H3,(H2,15,16,19,20). The second-order valence-corrected chi connectivity index (χ2v) is 5.01. The second kappa shape index (κ2) is 5.92. The molecule has 0 bridgehead atoms. The van der Waals surface area contributed by atoms with Gasteiger partial charge in [-0.2, -0.15) is 0 Å². The number of hydrogen-bond donors (Lipinski definition) is 4. The van der Waals surface area contributed by atoms with Crippen molar-refractivity contribution in [2.24, 2.45) is 0 Å². The van der Waals surface area contributed by atoms with E-state index in [-0.39, 0.29) is 23.5 Å². The fourth-order valence-corrected chi connectivity index (χ4v) is 2.32. The van der Waals surface area contributed by atoms with Crippen molar-refractivity contribution in [2.45, 2.75) is 26.2 Å². The van der Waals surface area contributed by atoms with Gasteiger partial charge in [0.15, 0.2) is 4.77 Å². The Bertz CT molecular complexity index is 734. The van der Waals surface area contributed by atoms with E-state index in [9.17, 15) is 15.0 Å². The van der Waals surface area contributed by atoms with Crippen molar-refractivity contribution in [2.75, 3.05) is 0 Å². The molecule has 106 valence electrons. The molecule has 0 saturated heterocycles. The zero-order valence-electron chi connectivity index (χ0n) is 11.1. The third kappa shape index (κ3) is 3.08.